The molecule has 8 heavy (non-hydrogen) atoms. The van der Waals surface area contributed by atoms with Crippen molar-refractivity contribution in [3.63, 3.8) is 0 Å². The van der Waals surface area contributed by atoms with Gasteiger partial charge in [0.25, 0.3) is 5.97 Å². The Morgan fingerprint density at radius 2 is 1.50 bits per heavy atom. The molecule has 0 aliphatic heterocycles. The molecule has 0 saturated carbocycles. The van der Waals surface area contributed by atoms with Crippen LogP contribution in [0.5, 0.6) is 0 Å². The van der Waals surface area contributed by atoms with Crippen LogP contribution < -0.4 is 0 Å². The van der Waals surface area contributed by atoms with Crippen LogP contribution in [0.1, 0.15) is 6.92 Å². The molecule has 0 heterocycles. The molecule has 0 spiro atoms. The molecule has 0 bridgehead atoms. The number of carboxylic acid groups (broad SMARTS) is 1. The molecule has 6 heteroatoms. The molecule has 0 aliphatic rings. The summed E-state index contributed by atoms with van der Waals surface area (Å²) in [4.78, 5) is 9.00. The quantitative estimate of drug-likeness (QED) is 0.686. The van der Waals surface area contributed by atoms with Crippen LogP contribution in [-0.2, 0) is 15.7 Å². The molecule has 0 aliphatic carbocycles. The van der Waals surface area contributed by atoms with Crippen LogP contribution in [-0.4, -0.2) is 11.1 Å². The van der Waals surface area contributed by atoms with Crippen LogP contribution in [0, 0.1) is 0 Å². The Morgan fingerprint density at radius 1 is 1.50 bits per heavy atom. The van der Waals surface area contributed by atoms with E-state index >= 15 is 0 Å². The molecule has 0 rings (SSSR count). The van der Waals surface area contributed by atoms with Crippen molar-refractivity contribution < 1.29 is 20.9 Å². The first-order valence-electron chi connectivity index (χ1n) is 1.31. The van der Waals surface area contributed by atoms with Crippen molar-refractivity contribution in [2.45, 2.75) is 6.92 Å². The van der Waals surface area contributed by atoms with Crippen LogP contribution in [0.2, 0.25) is 0 Å². The molecular weight excluding hydrogens is 221 g/mol. The van der Waals surface area contributed by atoms with E-state index in [0.717, 1.165) is 6.92 Å². The molecule has 0 saturated heterocycles. The van der Waals surface area contributed by atoms with Crippen molar-refractivity contribution in [2.24, 2.45) is 0 Å². The number of carboxylic acids is 1. The molecule has 0 amide bonds. The van der Waals surface area contributed by atoms with Gasteiger partial charge in [-0.3, -0.25) is 4.79 Å². The maximum atomic E-state index is 9.00. The third-order valence-corrected chi connectivity index (χ3v) is 0. The predicted molar refractivity (Wildman–Crippen MR) is 30.9 cm³/mol. The van der Waals surface area contributed by atoms with Crippen molar-refractivity contribution in [2.75, 3.05) is 0 Å². The predicted octanol–water partition coefficient (Wildman–Crippen LogP) is 2.16. The summed E-state index contributed by atoms with van der Waals surface area (Å²) in [7, 11) is 13.4. The molecule has 0 unspecified atom stereocenters. The van der Waals surface area contributed by atoms with Crippen LogP contribution in [0.15, 0.2) is 0 Å². The Balaban J connectivity index is 0. The first-order chi connectivity index (χ1) is 3.46. The van der Waals surface area contributed by atoms with Gasteiger partial charge in [0.15, 0.2) is 0 Å². The molecule has 0 fully saturated rings. The summed E-state index contributed by atoms with van der Waals surface area (Å²) in [5, 5.41) is 7.42. The molecular formula is C2H4Cl3CoO2. The van der Waals surface area contributed by atoms with Gasteiger partial charge in [-0.2, -0.15) is 0 Å². The van der Waals surface area contributed by atoms with E-state index < -0.39 is 16.9 Å². The van der Waals surface area contributed by atoms with E-state index in [1.165, 1.54) is 0 Å². The number of aliphatic carboxylic acids is 1. The minimum atomic E-state index is -1.19. The maximum absolute atomic E-state index is 9.00. The van der Waals surface area contributed by atoms with Crippen molar-refractivity contribution >= 4 is 36.4 Å². The Kier molecular flexibility index (Phi) is 11.4. The van der Waals surface area contributed by atoms with Gasteiger partial charge >= 0.3 is 41.4 Å². The molecule has 2 nitrogen and oxygen atoms in total. The summed E-state index contributed by atoms with van der Waals surface area (Å²) in [5.74, 6) is -0.833. The summed E-state index contributed by atoms with van der Waals surface area (Å²) >= 11 is 0. The van der Waals surface area contributed by atoms with Gasteiger partial charge in [-0.15, -0.1) is 0 Å². The Morgan fingerprint density at radius 3 is 1.50 bits per heavy atom. The van der Waals surface area contributed by atoms with Crippen molar-refractivity contribution in [1.29, 1.82) is 0 Å². The van der Waals surface area contributed by atoms with E-state index in [2.05, 4.69) is 0 Å². The van der Waals surface area contributed by atoms with Gasteiger partial charge in [0.1, 0.15) is 0 Å². The van der Waals surface area contributed by atoms with E-state index in [-0.39, 0.29) is 0 Å². The summed E-state index contributed by atoms with van der Waals surface area (Å²) in [6, 6.07) is 0. The van der Waals surface area contributed by atoms with Gasteiger partial charge in [0.05, 0.1) is 0 Å². The van der Waals surface area contributed by atoms with E-state index in [9.17, 15) is 0 Å². The number of rotatable bonds is 0. The molecule has 0 aromatic carbocycles. The van der Waals surface area contributed by atoms with Gasteiger partial charge in [-0.1, -0.05) is 0 Å². The second-order valence-corrected chi connectivity index (χ2v) is 5.82. The summed E-state index contributed by atoms with van der Waals surface area (Å²) < 4.78 is 0. The van der Waals surface area contributed by atoms with E-state index in [1.54, 1.807) is 0 Å². The topological polar surface area (TPSA) is 37.3 Å². The Bertz CT molecular complexity index is 59.5. The molecule has 0 aromatic heterocycles. The minimum absolute atomic E-state index is 0.833. The first-order valence-corrected chi connectivity index (χ1v) is 5.60. The third-order valence-electron chi connectivity index (χ3n) is 0. The fourth-order valence-electron chi connectivity index (χ4n) is 0. The summed E-state index contributed by atoms with van der Waals surface area (Å²) in [6.07, 6.45) is 0. The van der Waals surface area contributed by atoms with Crippen LogP contribution in [0.25, 0.3) is 0 Å². The van der Waals surface area contributed by atoms with E-state index in [1.807, 2.05) is 0 Å². The van der Waals surface area contributed by atoms with Gasteiger partial charge in [-0.05, 0) is 0 Å². The summed E-state index contributed by atoms with van der Waals surface area (Å²) in [5.41, 5.74) is 0. The van der Waals surface area contributed by atoms with Gasteiger partial charge in [0, 0.05) is 6.92 Å². The molecule has 1 N–H and O–H groups in total. The third kappa shape index (κ3) is 327. The number of hydrogen-bond acceptors (Lipinski definition) is 1. The van der Waals surface area contributed by atoms with Crippen LogP contribution in [0.3, 0.4) is 0 Å². The Labute approximate surface area is 64.2 Å². The molecule has 54 valence electrons. The van der Waals surface area contributed by atoms with Crippen molar-refractivity contribution in [1.82, 2.24) is 0 Å². The second kappa shape index (κ2) is 7.85. The Hall–Kier alpha value is 0.846. The van der Waals surface area contributed by atoms with E-state index in [0.29, 0.717) is 0 Å². The molecule has 0 radical (unpaired) electrons. The first kappa shape index (κ1) is 11.6. The number of carbonyl (C=O) groups is 1. The fraction of sp³-hybridized carbons (Fsp3) is 0.500. The monoisotopic (exact) mass is 224 g/mol. The number of halogens is 3. The van der Waals surface area contributed by atoms with Crippen LogP contribution in [0.4, 0.5) is 0 Å². The average Bonchev–Trinajstić information content (AvgIpc) is 1.25. The average molecular weight is 225 g/mol. The number of hydrogen-bond donors (Lipinski definition) is 1. The zero-order valence-electron chi connectivity index (χ0n) is 3.82. The zero-order valence-corrected chi connectivity index (χ0v) is 7.13. The standard InChI is InChI=1S/C2H4O2.3ClH.Co/c1-2(3)4;;;;/h1H3,(H,3,4);3*1H;/q;;;;+3/p-3. The summed E-state index contributed by atoms with van der Waals surface area (Å²) in [6.45, 7) is 1.08. The zero-order chi connectivity index (χ0) is 7.15. The molecule has 0 atom stereocenters. The van der Waals surface area contributed by atoms with Crippen molar-refractivity contribution in [3.05, 3.63) is 0 Å². The van der Waals surface area contributed by atoms with Crippen molar-refractivity contribution in [3.8, 4) is 0 Å². The second-order valence-electron chi connectivity index (χ2n) is 0.662. The van der Waals surface area contributed by atoms with E-state index in [4.69, 9.17) is 40.3 Å². The normalized spacial score (nSPS) is 8.75. The van der Waals surface area contributed by atoms with Crippen LogP contribution >= 0.6 is 30.4 Å². The van der Waals surface area contributed by atoms with Gasteiger partial charge in [0.2, 0.25) is 0 Å². The van der Waals surface area contributed by atoms with Gasteiger partial charge < -0.3 is 5.11 Å². The van der Waals surface area contributed by atoms with Gasteiger partial charge in [-0.25, -0.2) is 0 Å². The molecule has 0 aromatic rings. The fourth-order valence-corrected chi connectivity index (χ4v) is 0. The SMILES string of the molecule is CC(=O)O.[Cl][Co]([Cl])[Cl].